The quantitative estimate of drug-likeness (QED) is 0.560. The van der Waals surface area contributed by atoms with Crippen LogP contribution in [0, 0.1) is 0 Å². The van der Waals surface area contributed by atoms with Crippen molar-refractivity contribution >= 4 is 12.0 Å². The number of carbonyl (C=O) groups is 1. The van der Waals surface area contributed by atoms with E-state index in [9.17, 15) is 4.79 Å². The van der Waals surface area contributed by atoms with Crippen molar-refractivity contribution in [1.82, 2.24) is 0 Å². The molecule has 0 aromatic heterocycles. The number of hydrogen-bond donors (Lipinski definition) is 4. The van der Waals surface area contributed by atoms with Crippen LogP contribution >= 0.6 is 0 Å². The monoisotopic (exact) mass is 240 g/mol. The zero-order valence-corrected chi connectivity index (χ0v) is 9.23. The fraction of sp³-hybridized carbons (Fsp3) is 0.250. The van der Waals surface area contributed by atoms with Crippen LogP contribution < -0.4 is 0 Å². The molecule has 0 aliphatic heterocycles. The molecule has 0 saturated carbocycles. The van der Waals surface area contributed by atoms with E-state index in [4.69, 9.17) is 20.4 Å². The molecule has 0 bridgehead atoms. The average molecular weight is 240 g/mol. The number of aliphatic hydroxyl groups excluding tert-OH is 3. The molecule has 94 valence electrons. The molecule has 0 saturated heterocycles. The highest BCUT2D eigenvalue weighted by molar-refractivity contribution is 5.85. The summed E-state index contributed by atoms with van der Waals surface area (Å²) in [5, 5.41) is 32.3. The number of carboxylic acids is 1. The van der Waals surface area contributed by atoms with Gasteiger partial charge in [-0.2, -0.15) is 0 Å². The molecule has 1 aromatic carbocycles. The van der Waals surface area contributed by atoms with Crippen LogP contribution in [0.4, 0.5) is 0 Å². The second-order valence-corrected chi connectivity index (χ2v) is 3.10. The van der Waals surface area contributed by atoms with Gasteiger partial charge in [0.15, 0.2) is 0 Å². The van der Waals surface area contributed by atoms with Gasteiger partial charge in [-0.1, -0.05) is 30.3 Å². The summed E-state index contributed by atoms with van der Waals surface area (Å²) >= 11 is 0. The van der Waals surface area contributed by atoms with Gasteiger partial charge in [0.25, 0.3) is 0 Å². The molecule has 0 unspecified atom stereocenters. The van der Waals surface area contributed by atoms with Crippen molar-refractivity contribution in [3.8, 4) is 0 Å². The summed E-state index contributed by atoms with van der Waals surface area (Å²) < 4.78 is 0. The maximum absolute atomic E-state index is 10.1. The third-order valence-electron chi connectivity index (χ3n) is 1.64. The molecule has 17 heavy (non-hydrogen) atoms. The molecule has 1 rings (SSSR count). The Morgan fingerprint density at radius 1 is 1.18 bits per heavy atom. The number of aliphatic hydroxyl groups is 3. The lowest BCUT2D eigenvalue weighted by Crippen LogP contribution is -2.15. The van der Waals surface area contributed by atoms with Crippen molar-refractivity contribution in [2.45, 2.75) is 6.10 Å². The fourth-order valence-corrected chi connectivity index (χ4v) is 0.789. The smallest absolute Gasteiger partial charge is 0.328 e. The van der Waals surface area contributed by atoms with Gasteiger partial charge >= 0.3 is 5.97 Å². The summed E-state index contributed by atoms with van der Waals surface area (Å²) in [5.41, 5.74) is 0.898. The first-order valence-electron chi connectivity index (χ1n) is 4.96. The average Bonchev–Trinajstić information content (AvgIpc) is 2.37. The van der Waals surface area contributed by atoms with E-state index in [0.29, 0.717) is 0 Å². The van der Waals surface area contributed by atoms with E-state index in [-0.39, 0.29) is 13.2 Å². The Morgan fingerprint density at radius 3 is 2.06 bits per heavy atom. The van der Waals surface area contributed by atoms with Gasteiger partial charge in [-0.3, -0.25) is 0 Å². The van der Waals surface area contributed by atoms with Crippen LogP contribution in [0.15, 0.2) is 36.4 Å². The molecule has 0 amide bonds. The molecule has 0 spiro atoms. The topological polar surface area (TPSA) is 98.0 Å². The maximum atomic E-state index is 10.1. The molecule has 0 aliphatic carbocycles. The first-order chi connectivity index (χ1) is 8.10. The Kier molecular flexibility index (Phi) is 8.58. The number of hydrogen-bond acceptors (Lipinski definition) is 4. The van der Waals surface area contributed by atoms with E-state index < -0.39 is 12.1 Å². The molecule has 0 aliphatic rings. The first-order valence-corrected chi connectivity index (χ1v) is 4.96. The lowest BCUT2D eigenvalue weighted by Gasteiger charge is -1.96. The Bertz CT molecular complexity index is 330. The van der Waals surface area contributed by atoms with Crippen LogP contribution in [0.25, 0.3) is 6.08 Å². The van der Waals surface area contributed by atoms with E-state index in [0.717, 1.165) is 11.6 Å². The number of aliphatic carboxylic acids is 1. The van der Waals surface area contributed by atoms with Crippen molar-refractivity contribution in [3.63, 3.8) is 0 Å². The molecule has 1 aromatic rings. The molecule has 4 N–H and O–H groups in total. The van der Waals surface area contributed by atoms with Crippen molar-refractivity contribution in [2.75, 3.05) is 13.2 Å². The van der Waals surface area contributed by atoms with E-state index in [2.05, 4.69) is 0 Å². The number of benzene rings is 1. The highest BCUT2D eigenvalue weighted by Crippen LogP contribution is 1.99. The molecule has 5 heteroatoms. The second kappa shape index (κ2) is 9.53. The van der Waals surface area contributed by atoms with Crippen LogP contribution in [0.2, 0.25) is 0 Å². The van der Waals surface area contributed by atoms with Crippen LogP contribution in [0.1, 0.15) is 5.56 Å². The van der Waals surface area contributed by atoms with E-state index in [1.165, 1.54) is 0 Å². The molecule has 0 atom stereocenters. The minimum absolute atomic E-state index is 0.365. The third kappa shape index (κ3) is 9.25. The zero-order valence-electron chi connectivity index (χ0n) is 9.23. The lowest BCUT2D eigenvalue weighted by atomic mass is 10.2. The molecule has 0 fully saturated rings. The molecule has 0 heterocycles. The predicted octanol–water partition coefficient (Wildman–Crippen LogP) is 0.116. The van der Waals surface area contributed by atoms with Crippen LogP contribution in [-0.4, -0.2) is 45.7 Å². The SMILES string of the molecule is O=C(O)C=Cc1ccccc1.OCC(O)CO. The summed E-state index contributed by atoms with van der Waals surface area (Å²) in [6, 6.07) is 9.31. The number of rotatable bonds is 4. The van der Waals surface area contributed by atoms with Gasteiger partial charge in [-0.15, -0.1) is 0 Å². The van der Waals surface area contributed by atoms with Crippen molar-refractivity contribution in [2.24, 2.45) is 0 Å². The van der Waals surface area contributed by atoms with Crippen molar-refractivity contribution in [1.29, 1.82) is 0 Å². The minimum Gasteiger partial charge on any atom is -0.478 e. The number of carboxylic acid groups (broad SMARTS) is 1. The largest absolute Gasteiger partial charge is 0.478 e. The molecular formula is C12H16O5. The predicted molar refractivity (Wildman–Crippen MR) is 63.3 cm³/mol. The van der Waals surface area contributed by atoms with E-state index in [1.54, 1.807) is 6.08 Å². The molecule has 5 nitrogen and oxygen atoms in total. The van der Waals surface area contributed by atoms with Crippen molar-refractivity contribution in [3.05, 3.63) is 42.0 Å². The fourth-order valence-electron chi connectivity index (χ4n) is 0.789. The molecule has 0 radical (unpaired) electrons. The third-order valence-corrected chi connectivity index (χ3v) is 1.64. The first kappa shape index (κ1) is 15.3. The Morgan fingerprint density at radius 2 is 1.71 bits per heavy atom. The van der Waals surface area contributed by atoms with Gasteiger partial charge < -0.3 is 20.4 Å². The lowest BCUT2D eigenvalue weighted by molar-refractivity contribution is -0.131. The van der Waals surface area contributed by atoms with Gasteiger partial charge in [0.05, 0.1) is 13.2 Å². The Balaban J connectivity index is 0.000000366. The summed E-state index contributed by atoms with van der Waals surface area (Å²) in [5.74, 6) is -0.922. The van der Waals surface area contributed by atoms with Gasteiger partial charge in [0, 0.05) is 6.08 Å². The van der Waals surface area contributed by atoms with Crippen LogP contribution in [0.3, 0.4) is 0 Å². The van der Waals surface area contributed by atoms with Gasteiger partial charge in [-0.05, 0) is 11.6 Å². The van der Waals surface area contributed by atoms with E-state index >= 15 is 0 Å². The summed E-state index contributed by atoms with van der Waals surface area (Å²) in [6.45, 7) is -0.729. The van der Waals surface area contributed by atoms with Crippen LogP contribution in [-0.2, 0) is 4.79 Å². The zero-order chi connectivity index (χ0) is 13.1. The summed E-state index contributed by atoms with van der Waals surface area (Å²) in [6.07, 6.45) is 1.72. The van der Waals surface area contributed by atoms with Crippen molar-refractivity contribution < 1.29 is 25.2 Å². The van der Waals surface area contributed by atoms with E-state index in [1.807, 2.05) is 30.3 Å². The van der Waals surface area contributed by atoms with Crippen LogP contribution in [0.5, 0.6) is 0 Å². The highest BCUT2D eigenvalue weighted by Gasteiger charge is 1.93. The summed E-state index contributed by atoms with van der Waals surface area (Å²) in [7, 11) is 0. The van der Waals surface area contributed by atoms with Gasteiger partial charge in [0.1, 0.15) is 6.10 Å². The Labute approximate surface area is 99.3 Å². The van der Waals surface area contributed by atoms with Gasteiger partial charge in [-0.25, -0.2) is 4.79 Å². The normalized spacial score (nSPS) is 10.1. The van der Waals surface area contributed by atoms with Gasteiger partial charge in [0.2, 0.25) is 0 Å². The standard InChI is InChI=1S/C9H8O2.C3H8O3/c10-9(11)7-6-8-4-2-1-3-5-8;4-1-3(6)2-5/h1-7H,(H,10,11);3-6H,1-2H2. The highest BCUT2D eigenvalue weighted by atomic mass is 16.4. The second-order valence-electron chi connectivity index (χ2n) is 3.10. The molecular weight excluding hydrogens is 224 g/mol. The summed E-state index contributed by atoms with van der Waals surface area (Å²) in [4.78, 5) is 10.1. The Hall–Kier alpha value is -1.69. The maximum Gasteiger partial charge on any atom is 0.328 e. The minimum atomic E-state index is -0.954.